The van der Waals surface area contributed by atoms with E-state index in [0.29, 0.717) is 6.54 Å². The van der Waals surface area contributed by atoms with Gasteiger partial charge in [0.1, 0.15) is 5.75 Å². The third kappa shape index (κ3) is 4.44. The van der Waals surface area contributed by atoms with Gasteiger partial charge >= 0.3 is 5.97 Å². The lowest BCUT2D eigenvalue weighted by atomic mass is 10.1. The van der Waals surface area contributed by atoms with E-state index in [0.717, 1.165) is 17.9 Å². The molecule has 0 heterocycles. The molecule has 0 amide bonds. The molecule has 0 aliphatic carbocycles. The summed E-state index contributed by atoms with van der Waals surface area (Å²) in [4.78, 5) is 11.2. The highest BCUT2D eigenvalue weighted by atomic mass is 16.5. The highest BCUT2D eigenvalue weighted by Gasteiger charge is 2.11. The monoisotopic (exact) mass is 237 g/mol. The fourth-order valence-electron chi connectivity index (χ4n) is 1.46. The molecule has 0 saturated carbocycles. The van der Waals surface area contributed by atoms with Crippen LogP contribution in [0.2, 0.25) is 0 Å². The number of methoxy groups -OCH3 is 2. The molecule has 1 atom stereocenters. The molecular formula is C13H19NO3. The summed E-state index contributed by atoms with van der Waals surface area (Å²) in [5.74, 6) is 0.530. The van der Waals surface area contributed by atoms with E-state index in [-0.39, 0.29) is 11.9 Å². The number of benzene rings is 1. The second kappa shape index (κ2) is 6.91. The number of hydrogen-bond donors (Lipinski definition) is 1. The lowest BCUT2D eigenvalue weighted by Crippen LogP contribution is -2.26. The van der Waals surface area contributed by atoms with Crippen LogP contribution in [0.4, 0.5) is 0 Å². The van der Waals surface area contributed by atoms with Gasteiger partial charge in [-0.2, -0.15) is 0 Å². The molecule has 17 heavy (non-hydrogen) atoms. The number of nitrogens with one attached hydrogen (secondary N) is 1. The molecule has 0 saturated heterocycles. The Bertz CT molecular complexity index is 348. The van der Waals surface area contributed by atoms with Crippen LogP contribution in [-0.4, -0.2) is 26.7 Å². The van der Waals surface area contributed by atoms with Crippen LogP contribution in [0.5, 0.6) is 5.75 Å². The van der Waals surface area contributed by atoms with Gasteiger partial charge in [0.05, 0.1) is 20.1 Å². The zero-order valence-electron chi connectivity index (χ0n) is 10.5. The van der Waals surface area contributed by atoms with Crippen LogP contribution in [0.1, 0.15) is 12.5 Å². The Morgan fingerprint density at radius 3 is 2.47 bits per heavy atom. The predicted octanol–water partition coefficient (Wildman–Crippen LogP) is 1.59. The molecule has 94 valence electrons. The summed E-state index contributed by atoms with van der Waals surface area (Å²) >= 11 is 0. The summed E-state index contributed by atoms with van der Waals surface area (Å²) in [6.45, 7) is 3.18. The van der Waals surface area contributed by atoms with Gasteiger partial charge in [-0.1, -0.05) is 19.1 Å². The van der Waals surface area contributed by atoms with Gasteiger partial charge in [0.25, 0.3) is 0 Å². The minimum Gasteiger partial charge on any atom is -0.497 e. The molecule has 0 radical (unpaired) electrons. The lowest BCUT2D eigenvalue weighted by molar-refractivity contribution is -0.144. The van der Waals surface area contributed by atoms with Gasteiger partial charge in [0, 0.05) is 13.1 Å². The van der Waals surface area contributed by atoms with E-state index in [1.165, 1.54) is 7.11 Å². The zero-order valence-corrected chi connectivity index (χ0v) is 10.5. The largest absolute Gasteiger partial charge is 0.497 e. The van der Waals surface area contributed by atoms with E-state index in [9.17, 15) is 4.79 Å². The average Bonchev–Trinajstić information content (AvgIpc) is 2.38. The third-order valence-corrected chi connectivity index (χ3v) is 2.54. The maximum absolute atomic E-state index is 11.2. The quantitative estimate of drug-likeness (QED) is 0.763. The van der Waals surface area contributed by atoms with Crippen LogP contribution in [0.15, 0.2) is 24.3 Å². The number of carbonyl (C=O) groups is 1. The van der Waals surface area contributed by atoms with Crippen LogP contribution in [0, 0.1) is 5.92 Å². The average molecular weight is 237 g/mol. The molecule has 0 aliphatic rings. The number of carbonyl (C=O) groups excluding carboxylic acids is 1. The molecule has 4 heteroatoms. The van der Waals surface area contributed by atoms with Gasteiger partial charge in [0.2, 0.25) is 0 Å². The number of ether oxygens (including phenoxy) is 2. The van der Waals surface area contributed by atoms with E-state index >= 15 is 0 Å². The summed E-state index contributed by atoms with van der Waals surface area (Å²) in [5, 5.41) is 3.21. The summed E-state index contributed by atoms with van der Waals surface area (Å²) in [6, 6.07) is 7.82. The van der Waals surface area contributed by atoms with Crippen molar-refractivity contribution in [2.45, 2.75) is 13.5 Å². The van der Waals surface area contributed by atoms with E-state index < -0.39 is 0 Å². The Labute approximate surface area is 102 Å². The molecular weight excluding hydrogens is 218 g/mol. The molecule has 0 aromatic heterocycles. The van der Waals surface area contributed by atoms with Crippen LogP contribution in [-0.2, 0) is 16.1 Å². The van der Waals surface area contributed by atoms with Gasteiger partial charge in [-0.25, -0.2) is 0 Å². The van der Waals surface area contributed by atoms with E-state index in [4.69, 9.17) is 4.74 Å². The molecule has 0 spiro atoms. The van der Waals surface area contributed by atoms with Crippen molar-refractivity contribution in [3.63, 3.8) is 0 Å². The van der Waals surface area contributed by atoms with E-state index in [1.807, 2.05) is 31.2 Å². The zero-order chi connectivity index (χ0) is 12.7. The van der Waals surface area contributed by atoms with Crippen LogP contribution in [0.25, 0.3) is 0 Å². The second-order valence-electron chi connectivity index (χ2n) is 3.90. The smallest absolute Gasteiger partial charge is 0.309 e. The first-order chi connectivity index (χ1) is 8.17. The topological polar surface area (TPSA) is 47.6 Å². The van der Waals surface area contributed by atoms with Crippen LogP contribution >= 0.6 is 0 Å². The summed E-state index contributed by atoms with van der Waals surface area (Å²) in [7, 11) is 3.05. The number of rotatable bonds is 6. The van der Waals surface area contributed by atoms with Crippen molar-refractivity contribution in [2.24, 2.45) is 5.92 Å². The second-order valence-corrected chi connectivity index (χ2v) is 3.90. The minimum atomic E-state index is -0.188. The van der Waals surface area contributed by atoms with Crippen molar-refractivity contribution in [3.05, 3.63) is 29.8 Å². The predicted molar refractivity (Wildman–Crippen MR) is 65.9 cm³/mol. The van der Waals surface area contributed by atoms with Crippen molar-refractivity contribution in [1.82, 2.24) is 5.32 Å². The Morgan fingerprint density at radius 1 is 1.29 bits per heavy atom. The standard InChI is InChI=1S/C13H19NO3/c1-10(13(15)17-3)8-14-9-11-4-6-12(16-2)7-5-11/h4-7,10,14H,8-9H2,1-3H3/t10-/m1/s1. The Balaban J connectivity index is 2.33. The summed E-state index contributed by atoms with van der Waals surface area (Å²) in [5.41, 5.74) is 1.16. The molecule has 1 aromatic rings. The van der Waals surface area contributed by atoms with Crippen molar-refractivity contribution in [2.75, 3.05) is 20.8 Å². The first-order valence-corrected chi connectivity index (χ1v) is 5.59. The van der Waals surface area contributed by atoms with Crippen molar-refractivity contribution in [3.8, 4) is 5.75 Å². The lowest BCUT2D eigenvalue weighted by Gasteiger charge is -2.10. The Morgan fingerprint density at radius 2 is 1.94 bits per heavy atom. The fourth-order valence-corrected chi connectivity index (χ4v) is 1.46. The van der Waals surface area contributed by atoms with E-state index in [1.54, 1.807) is 7.11 Å². The molecule has 0 aliphatic heterocycles. The van der Waals surface area contributed by atoms with Crippen molar-refractivity contribution in [1.29, 1.82) is 0 Å². The third-order valence-electron chi connectivity index (χ3n) is 2.54. The molecule has 0 unspecified atom stereocenters. The highest BCUT2D eigenvalue weighted by molar-refractivity contribution is 5.72. The molecule has 4 nitrogen and oxygen atoms in total. The molecule has 0 fully saturated rings. The molecule has 1 rings (SSSR count). The van der Waals surface area contributed by atoms with Crippen molar-refractivity contribution < 1.29 is 14.3 Å². The Kier molecular flexibility index (Phi) is 5.49. The fraction of sp³-hybridized carbons (Fsp3) is 0.462. The van der Waals surface area contributed by atoms with Crippen LogP contribution in [0.3, 0.4) is 0 Å². The van der Waals surface area contributed by atoms with Gasteiger partial charge < -0.3 is 14.8 Å². The molecule has 1 N–H and O–H groups in total. The maximum atomic E-state index is 11.2. The maximum Gasteiger partial charge on any atom is 0.309 e. The minimum absolute atomic E-state index is 0.127. The first kappa shape index (κ1) is 13.5. The summed E-state index contributed by atoms with van der Waals surface area (Å²) in [6.07, 6.45) is 0. The normalized spacial score (nSPS) is 11.9. The Hall–Kier alpha value is -1.55. The van der Waals surface area contributed by atoms with Crippen molar-refractivity contribution >= 4 is 5.97 Å². The van der Waals surface area contributed by atoms with Gasteiger partial charge in [-0.05, 0) is 17.7 Å². The molecule has 1 aromatic carbocycles. The van der Waals surface area contributed by atoms with Gasteiger partial charge in [0.15, 0.2) is 0 Å². The van der Waals surface area contributed by atoms with Gasteiger partial charge in [-0.15, -0.1) is 0 Å². The van der Waals surface area contributed by atoms with Gasteiger partial charge in [-0.3, -0.25) is 4.79 Å². The number of esters is 1. The molecule has 0 bridgehead atoms. The number of hydrogen-bond acceptors (Lipinski definition) is 4. The first-order valence-electron chi connectivity index (χ1n) is 5.59. The summed E-state index contributed by atoms with van der Waals surface area (Å²) < 4.78 is 9.73. The van der Waals surface area contributed by atoms with E-state index in [2.05, 4.69) is 10.1 Å². The highest BCUT2D eigenvalue weighted by Crippen LogP contribution is 2.11. The van der Waals surface area contributed by atoms with Crippen LogP contribution < -0.4 is 10.1 Å². The SMILES string of the molecule is COC(=O)[C@H](C)CNCc1ccc(OC)cc1.